The van der Waals surface area contributed by atoms with Gasteiger partial charge in [-0.05, 0) is 67.4 Å². The van der Waals surface area contributed by atoms with Crippen LogP contribution in [-0.2, 0) is 12.8 Å². The van der Waals surface area contributed by atoms with E-state index in [2.05, 4.69) is 218 Å². The first-order chi connectivity index (χ1) is 49.8. The molecule has 0 radical (unpaired) electrons. The molecule has 8 aromatic carbocycles. The predicted molar refractivity (Wildman–Crippen MR) is 505 cm³/mol. The lowest BCUT2D eigenvalue weighted by Crippen LogP contribution is -1.76. The topological polar surface area (TPSA) is 0 Å². The molecule has 0 heteroatoms. The number of hydrogen-bond donors (Lipinski definition) is 0. The van der Waals surface area contributed by atoms with E-state index in [0.717, 1.165) is 12.8 Å². The van der Waals surface area contributed by atoms with Crippen LogP contribution in [0.5, 0.6) is 0 Å². The minimum Gasteiger partial charge on any atom is -0.0795 e. The number of hydrogen-bond acceptors (Lipinski definition) is 0. The molecule has 2 aliphatic carbocycles. The van der Waals surface area contributed by atoms with Gasteiger partial charge in [-0.25, -0.2) is 0 Å². The van der Waals surface area contributed by atoms with Crippen molar-refractivity contribution in [2.75, 3.05) is 0 Å². The van der Waals surface area contributed by atoms with Crippen molar-refractivity contribution in [3.8, 4) is 0 Å². The zero-order valence-corrected chi connectivity index (χ0v) is 79.2. The van der Waals surface area contributed by atoms with E-state index >= 15 is 0 Å². The Morgan fingerprint density at radius 2 is 0.230 bits per heavy atom. The molecule has 0 fully saturated rings. The Morgan fingerprint density at radius 1 is 0.130 bits per heavy atom. The Hall–Kier alpha value is -5.98. The summed E-state index contributed by atoms with van der Waals surface area (Å²) in [6.45, 7) is 104. The van der Waals surface area contributed by atoms with E-state index in [1.165, 1.54) is 54.6 Å². The second-order valence-corrected chi connectivity index (χ2v) is 11.7. The molecule has 596 valence electrons. The Kier molecular flexibility index (Phi) is 312. The molecule has 0 atom stereocenters. The van der Waals surface area contributed by atoms with E-state index in [1.54, 1.807) is 0 Å². The number of fused-ring (bicyclic) bond motifs is 5. The largest absolute Gasteiger partial charge is 0.0795 e. The third kappa shape index (κ3) is 113. The molecule has 0 N–H and O–H groups in total. The summed E-state index contributed by atoms with van der Waals surface area (Å²) in [6.07, 6.45) is 11.0. The Bertz CT molecular complexity index is 1830. The summed E-state index contributed by atoms with van der Waals surface area (Å²) in [4.78, 5) is 0. The Balaban J connectivity index is -0.0000000354. The fourth-order valence-corrected chi connectivity index (χ4v) is 5.79. The lowest BCUT2D eigenvalue weighted by atomic mass is 10.1. The number of allylic oxidation sites excluding steroid dienone is 2. The number of rotatable bonds is 0. The maximum absolute atomic E-state index is 2.20. The molecule has 0 unspecified atom stereocenters. The first-order valence-corrected chi connectivity index (χ1v) is 42.6. The van der Waals surface area contributed by atoms with Gasteiger partial charge in [-0.15, -0.1) is 0 Å². The van der Waals surface area contributed by atoms with Gasteiger partial charge in [0.05, 0.1) is 0 Å². The maximum Gasteiger partial charge on any atom is -0.00882 e. The van der Waals surface area contributed by atoms with Crippen LogP contribution in [0, 0.1) is 0 Å². The SMILES string of the molecule is C1=Cc2ccccc2C1.C1=Cc2ccccc2C1.CC.CC.CC.CC.CC.CC.CC.CC.CC.CC.CC.CC.CC.CC.CC.CC.CC.CC.CC.CC.CC.CC.CC.CC.CC.CC.c1ccc2ccccc2c1.c1ccc2ccccc2c1.c1ccc2ccccc2c1. The average Bonchev–Trinajstić information content (AvgIpc) is 1.17. The molecular weight excluding hydrogens is 1200 g/mol. The summed E-state index contributed by atoms with van der Waals surface area (Å²) in [6, 6.07) is 67.1. The summed E-state index contributed by atoms with van der Waals surface area (Å²) in [7, 11) is 0. The van der Waals surface area contributed by atoms with Gasteiger partial charge in [0, 0.05) is 0 Å². The van der Waals surface area contributed by atoms with E-state index in [1.807, 2.05) is 360 Å². The second kappa shape index (κ2) is 205. The van der Waals surface area contributed by atoms with Crippen molar-refractivity contribution >= 4 is 44.5 Å². The highest BCUT2D eigenvalue weighted by atomic mass is 14.1. The smallest absolute Gasteiger partial charge is 0.00882 e. The quantitative estimate of drug-likeness (QED) is 0.142. The molecule has 0 aromatic heterocycles. The molecule has 0 heterocycles. The van der Waals surface area contributed by atoms with Gasteiger partial charge in [-0.2, -0.15) is 0 Å². The molecule has 0 saturated carbocycles. The van der Waals surface area contributed by atoms with E-state index in [-0.39, 0.29) is 0 Å². The molecule has 2 aliphatic rings. The van der Waals surface area contributed by atoms with Gasteiger partial charge in [-0.1, -0.05) is 578 Å². The van der Waals surface area contributed by atoms with Crippen molar-refractivity contribution < 1.29 is 0 Å². The van der Waals surface area contributed by atoms with E-state index in [9.17, 15) is 0 Å². The molecule has 0 spiro atoms. The van der Waals surface area contributed by atoms with E-state index in [0.29, 0.717) is 0 Å². The first-order valence-electron chi connectivity index (χ1n) is 42.6. The summed E-state index contributed by atoms with van der Waals surface area (Å²) in [5.41, 5.74) is 5.69. The molecular formula is C100H196. The first kappa shape index (κ1) is 153. The molecule has 10 rings (SSSR count). The average molecular weight is 1400 g/mol. The summed E-state index contributed by atoms with van der Waals surface area (Å²) in [5.74, 6) is 0. The van der Waals surface area contributed by atoms with Crippen LogP contribution in [0.3, 0.4) is 0 Å². The van der Waals surface area contributed by atoms with Crippen molar-refractivity contribution in [1.82, 2.24) is 0 Å². The molecule has 0 aliphatic heterocycles. The van der Waals surface area contributed by atoms with Gasteiger partial charge in [0.15, 0.2) is 0 Å². The highest BCUT2D eigenvalue weighted by Gasteiger charge is 2.01. The van der Waals surface area contributed by atoms with Crippen molar-refractivity contribution in [3.05, 3.63) is 229 Å². The van der Waals surface area contributed by atoms with Crippen LogP contribution in [0.1, 0.15) is 382 Å². The summed E-state index contributed by atoms with van der Waals surface area (Å²) < 4.78 is 0. The van der Waals surface area contributed by atoms with Crippen molar-refractivity contribution in [2.24, 2.45) is 0 Å². The van der Waals surface area contributed by atoms with Gasteiger partial charge in [0.25, 0.3) is 0 Å². The minimum absolute atomic E-state index is 1.12. The summed E-state index contributed by atoms with van der Waals surface area (Å²) in [5, 5.41) is 7.86. The molecule has 0 nitrogen and oxygen atoms in total. The van der Waals surface area contributed by atoms with Crippen LogP contribution in [0.4, 0.5) is 0 Å². The van der Waals surface area contributed by atoms with Crippen LogP contribution in [0.25, 0.3) is 44.5 Å². The zero-order valence-electron chi connectivity index (χ0n) is 79.2. The standard InChI is InChI=1S/3C10H8.2C9H8.26C2H6/c3*1-2-6-10-8-4-3-7-9(10)5-1;2*1-2-5-9-7-3-6-8(9)4-1;26*1-2/h3*1-8H;2*1-6H,7H2;26*1-2H3. The van der Waals surface area contributed by atoms with Crippen LogP contribution in [-0.4, -0.2) is 0 Å². The number of benzene rings is 8. The minimum atomic E-state index is 1.12. The predicted octanol–water partition coefficient (Wildman–Crippen LogP) is 39.7. The van der Waals surface area contributed by atoms with Gasteiger partial charge >= 0.3 is 0 Å². The van der Waals surface area contributed by atoms with Crippen LogP contribution >= 0.6 is 0 Å². The molecule has 0 saturated heterocycles. The molecule has 0 amide bonds. The third-order valence-corrected chi connectivity index (χ3v) is 8.36. The maximum atomic E-state index is 2.20. The molecule has 8 aromatic rings. The van der Waals surface area contributed by atoms with Crippen LogP contribution in [0.2, 0.25) is 0 Å². The van der Waals surface area contributed by atoms with Crippen LogP contribution < -0.4 is 0 Å². The monoisotopic (exact) mass is 1400 g/mol. The second-order valence-electron chi connectivity index (χ2n) is 11.7. The summed E-state index contributed by atoms with van der Waals surface area (Å²) >= 11 is 0. The Morgan fingerprint density at radius 3 is 0.340 bits per heavy atom. The van der Waals surface area contributed by atoms with Gasteiger partial charge in [0.1, 0.15) is 0 Å². The van der Waals surface area contributed by atoms with Crippen molar-refractivity contribution in [3.63, 3.8) is 0 Å². The van der Waals surface area contributed by atoms with Gasteiger partial charge in [0.2, 0.25) is 0 Å². The fourth-order valence-electron chi connectivity index (χ4n) is 5.79. The zero-order chi connectivity index (χ0) is 84.6. The van der Waals surface area contributed by atoms with Gasteiger partial charge < -0.3 is 0 Å². The van der Waals surface area contributed by atoms with E-state index < -0.39 is 0 Å². The highest BCUT2D eigenvalue weighted by Crippen LogP contribution is 2.19. The van der Waals surface area contributed by atoms with Crippen LogP contribution in [0.15, 0.2) is 206 Å². The van der Waals surface area contributed by atoms with Crippen molar-refractivity contribution in [2.45, 2.75) is 373 Å². The van der Waals surface area contributed by atoms with E-state index in [4.69, 9.17) is 0 Å². The molecule has 100 heavy (non-hydrogen) atoms. The highest BCUT2D eigenvalue weighted by molar-refractivity contribution is 5.83. The lowest BCUT2D eigenvalue weighted by molar-refractivity contribution is 1.31. The van der Waals surface area contributed by atoms with Crippen molar-refractivity contribution in [1.29, 1.82) is 0 Å². The molecule has 0 bridgehead atoms. The normalized spacial score (nSPS) is 7.04. The third-order valence-electron chi connectivity index (χ3n) is 8.36. The Labute approximate surface area is 642 Å². The van der Waals surface area contributed by atoms with Gasteiger partial charge in [-0.3, -0.25) is 0 Å². The lowest BCUT2D eigenvalue weighted by Gasteiger charge is -1.93. The fraction of sp³-hybridized carbons (Fsp3) is 0.540.